The number of nitrogens with zero attached hydrogens (tertiary/aromatic N) is 3. The largest absolute Gasteiger partial charge is 0.208 e. The van der Waals surface area contributed by atoms with Crippen LogP contribution >= 0.6 is 69.6 Å². The van der Waals surface area contributed by atoms with Gasteiger partial charge in [-0.2, -0.15) is 0 Å². The Labute approximate surface area is 240 Å². The van der Waals surface area contributed by atoms with Crippen LogP contribution in [0.4, 0.5) is 0 Å². The van der Waals surface area contributed by atoms with Crippen molar-refractivity contribution in [3.8, 4) is 34.2 Å². The summed E-state index contributed by atoms with van der Waals surface area (Å²) in [4.78, 5) is 14.5. The molecule has 186 valence electrons. The molecule has 1 aromatic heterocycles. The average Bonchev–Trinajstić information content (AvgIpc) is 2.95. The van der Waals surface area contributed by atoms with Crippen molar-refractivity contribution in [2.24, 2.45) is 0 Å². The highest BCUT2D eigenvalue weighted by atomic mass is 35.5. The van der Waals surface area contributed by atoms with Gasteiger partial charge in [0, 0.05) is 52.0 Å². The molecular formula is C27H21Cl6N3. The van der Waals surface area contributed by atoms with Crippen LogP contribution in [0.2, 0.25) is 0 Å². The Morgan fingerprint density at radius 3 is 0.694 bits per heavy atom. The van der Waals surface area contributed by atoms with Crippen LogP contribution in [0.5, 0.6) is 0 Å². The van der Waals surface area contributed by atoms with Crippen LogP contribution in [-0.2, 0) is 35.3 Å². The number of benzene rings is 3. The topological polar surface area (TPSA) is 38.7 Å². The quantitative estimate of drug-likeness (QED) is 0.180. The highest BCUT2D eigenvalue weighted by Crippen LogP contribution is 2.30. The predicted molar refractivity (Wildman–Crippen MR) is 153 cm³/mol. The standard InChI is InChI=1S/C27H21Cl6N3/c28-10-16-1-17(11-29)5-22(4-16)25-34-26(23-6-18(12-30)2-19(7-23)13-31)36-27(35-25)24-8-20(14-32)3-21(9-24)15-33/h1-9H,10-15H2. The molecule has 0 aliphatic rings. The zero-order chi connectivity index (χ0) is 25.7. The summed E-state index contributed by atoms with van der Waals surface area (Å²) < 4.78 is 0. The first-order chi connectivity index (χ1) is 17.5. The Morgan fingerprint density at radius 1 is 0.333 bits per heavy atom. The molecule has 0 aliphatic carbocycles. The summed E-state index contributed by atoms with van der Waals surface area (Å²) in [6.07, 6.45) is 0. The number of hydrogen-bond donors (Lipinski definition) is 0. The van der Waals surface area contributed by atoms with Crippen molar-refractivity contribution in [3.05, 3.63) is 88.0 Å². The van der Waals surface area contributed by atoms with E-state index in [1.165, 1.54) is 0 Å². The lowest BCUT2D eigenvalue weighted by Crippen LogP contribution is -2.02. The van der Waals surface area contributed by atoms with Crippen molar-refractivity contribution in [2.75, 3.05) is 0 Å². The van der Waals surface area contributed by atoms with Crippen LogP contribution in [0.1, 0.15) is 33.4 Å². The summed E-state index contributed by atoms with van der Waals surface area (Å²) in [5.41, 5.74) is 7.95. The third-order valence-electron chi connectivity index (χ3n) is 5.49. The molecule has 4 rings (SSSR count). The SMILES string of the molecule is ClCc1cc(CCl)cc(-c2nc(-c3cc(CCl)cc(CCl)c3)nc(-c3cc(CCl)cc(CCl)c3)n2)c1. The lowest BCUT2D eigenvalue weighted by atomic mass is 10.0. The fraction of sp³-hybridized carbons (Fsp3) is 0.222. The van der Waals surface area contributed by atoms with Crippen LogP contribution < -0.4 is 0 Å². The first-order valence-electron chi connectivity index (χ1n) is 11.0. The Morgan fingerprint density at radius 2 is 0.528 bits per heavy atom. The molecule has 0 spiro atoms. The van der Waals surface area contributed by atoms with Crippen LogP contribution in [-0.4, -0.2) is 15.0 Å². The molecule has 0 saturated carbocycles. The molecule has 0 saturated heterocycles. The second kappa shape index (κ2) is 12.8. The second-order valence-corrected chi connectivity index (χ2v) is 9.83. The number of alkyl halides is 6. The molecule has 0 atom stereocenters. The molecule has 0 fully saturated rings. The Bertz CT molecular complexity index is 1130. The van der Waals surface area contributed by atoms with Crippen LogP contribution in [0, 0.1) is 0 Å². The van der Waals surface area contributed by atoms with Gasteiger partial charge in [0.25, 0.3) is 0 Å². The summed E-state index contributed by atoms with van der Waals surface area (Å²) >= 11 is 36.9. The molecular weight excluding hydrogens is 579 g/mol. The van der Waals surface area contributed by atoms with Crippen molar-refractivity contribution in [2.45, 2.75) is 35.3 Å². The summed E-state index contributed by atoms with van der Waals surface area (Å²) in [6, 6.07) is 17.7. The van der Waals surface area contributed by atoms with Gasteiger partial charge in [-0.3, -0.25) is 0 Å². The molecule has 9 heteroatoms. The van der Waals surface area contributed by atoms with E-state index in [4.69, 9.17) is 84.6 Å². The number of aromatic nitrogens is 3. The maximum Gasteiger partial charge on any atom is 0.164 e. The minimum atomic E-state index is 0.343. The average molecular weight is 600 g/mol. The van der Waals surface area contributed by atoms with Gasteiger partial charge in [0.05, 0.1) is 0 Å². The zero-order valence-corrected chi connectivity index (χ0v) is 23.6. The van der Waals surface area contributed by atoms with Gasteiger partial charge in [-0.1, -0.05) is 18.2 Å². The highest BCUT2D eigenvalue weighted by Gasteiger charge is 2.16. The monoisotopic (exact) mass is 597 g/mol. The molecule has 1 heterocycles. The van der Waals surface area contributed by atoms with Gasteiger partial charge in [0.1, 0.15) is 0 Å². The third-order valence-corrected chi connectivity index (χ3v) is 7.35. The van der Waals surface area contributed by atoms with Crippen LogP contribution in [0.15, 0.2) is 54.6 Å². The molecule has 0 aliphatic heterocycles. The molecule has 0 unspecified atom stereocenters. The van der Waals surface area contributed by atoms with Crippen molar-refractivity contribution in [1.29, 1.82) is 0 Å². The van der Waals surface area contributed by atoms with Gasteiger partial charge in [0.2, 0.25) is 0 Å². The van der Waals surface area contributed by atoms with E-state index in [2.05, 4.69) is 0 Å². The predicted octanol–water partition coefficient (Wildman–Crippen LogP) is 9.31. The number of rotatable bonds is 9. The minimum Gasteiger partial charge on any atom is -0.208 e. The molecule has 0 radical (unpaired) electrons. The fourth-order valence-corrected chi connectivity index (χ4v) is 4.83. The van der Waals surface area contributed by atoms with Crippen molar-refractivity contribution in [3.63, 3.8) is 0 Å². The molecule has 0 N–H and O–H groups in total. The van der Waals surface area contributed by atoms with Gasteiger partial charge >= 0.3 is 0 Å². The van der Waals surface area contributed by atoms with E-state index >= 15 is 0 Å². The first kappa shape index (κ1) is 27.4. The van der Waals surface area contributed by atoms with E-state index in [9.17, 15) is 0 Å². The number of halogens is 6. The molecule has 0 amide bonds. The molecule has 4 aromatic rings. The maximum atomic E-state index is 6.16. The van der Waals surface area contributed by atoms with Gasteiger partial charge in [-0.25, -0.2) is 15.0 Å². The normalized spacial score (nSPS) is 11.2. The van der Waals surface area contributed by atoms with E-state index in [1.807, 2.05) is 54.6 Å². The first-order valence-corrected chi connectivity index (χ1v) is 14.2. The van der Waals surface area contributed by atoms with Crippen molar-refractivity contribution >= 4 is 69.6 Å². The Hall–Kier alpha value is -1.59. The van der Waals surface area contributed by atoms with E-state index < -0.39 is 0 Å². The van der Waals surface area contributed by atoms with E-state index in [1.54, 1.807) is 0 Å². The molecule has 0 bridgehead atoms. The lowest BCUT2D eigenvalue weighted by Gasteiger charge is -2.12. The molecule has 3 nitrogen and oxygen atoms in total. The fourth-order valence-electron chi connectivity index (χ4n) is 3.90. The van der Waals surface area contributed by atoms with Gasteiger partial charge in [-0.05, 0) is 69.8 Å². The number of hydrogen-bond acceptors (Lipinski definition) is 3. The van der Waals surface area contributed by atoms with E-state index in [-0.39, 0.29) is 0 Å². The molecule has 3 aromatic carbocycles. The van der Waals surface area contributed by atoms with Gasteiger partial charge in [0.15, 0.2) is 17.5 Å². The second-order valence-electron chi connectivity index (χ2n) is 8.22. The highest BCUT2D eigenvalue weighted by molar-refractivity contribution is 6.18. The van der Waals surface area contributed by atoms with E-state index in [0.717, 1.165) is 50.1 Å². The van der Waals surface area contributed by atoms with Crippen molar-refractivity contribution in [1.82, 2.24) is 15.0 Å². The Balaban J connectivity index is 1.98. The Kier molecular flexibility index (Phi) is 9.74. The zero-order valence-electron chi connectivity index (χ0n) is 19.0. The summed E-state index contributed by atoms with van der Waals surface area (Å²) in [5, 5.41) is 0. The summed E-state index contributed by atoms with van der Waals surface area (Å²) in [5.74, 6) is 3.56. The maximum absolute atomic E-state index is 6.16. The third kappa shape index (κ3) is 6.45. The summed E-state index contributed by atoms with van der Waals surface area (Å²) in [7, 11) is 0. The van der Waals surface area contributed by atoms with Crippen molar-refractivity contribution < 1.29 is 0 Å². The lowest BCUT2D eigenvalue weighted by molar-refractivity contribution is 1.07. The van der Waals surface area contributed by atoms with Gasteiger partial charge in [-0.15, -0.1) is 69.6 Å². The minimum absolute atomic E-state index is 0.343. The van der Waals surface area contributed by atoms with Gasteiger partial charge < -0.3 is 0 Å². The molecule has 36 heavy (non-hydrogen) atoms. The van der Waals surface area contributed by atoms with Crippen LogP contribution in [0.25, 0.3) is 34.2 Å². The van der Waals surface area contributed by atoms with Crippen LogP contribution in [0.3, 0.4) is 0 Å². The smallest absolute Gasteiger partial charge is 0.164 e. The summed E-state index contributed by atoms with van der Waals surface area (Å²) in [6.45, 7) is 0. The van der Waals surface area contributed by atoms with E-state index in [0.29, 0.717) is 52.8 Å².